The average Bonchev–Trinajstić information content (AvgIpc) is 3.16. The van der Waals surface area contributed by atoms with Gasteiger partial charge in [0.1, 0.15) is 0 Å². The minimum Gasteiger partial charge on any atom is -0.321 e. The first-order valence-corrected chi connectivity index (χ1v) is 6.86. The molecule has 2 heterocycles. The van der Waals surface area contributed by atoms with Gasteiger partial charge >= 0.3 is 0 Å². The van der Waals surface area contributed by atoms with Crippen LogP contribution in [0.3, 0.4) is 0 Å². The van der Waals surface area contributed by atoms with Crippen LogP contribution < -0.4 is 5.32 Å². The number of anilines is 1. The van der Waals surface area contributed by atoms with Gasteiger partial charge in [-0.2, -0.15) is 10.4 Å². The van der Waals surface area contributed by atoms with E-state index < -0.39 is 11.6 Å². The summed E-state index contributed by atoms with van der Waals surface area (Å²) in [6, 6.07) is 9.39. The number of likely N-dealkylation sites (tertiary alicyclic amines) is 1. The summed E-state index contributed by atoms with van der Waals surface area (Å²) >= 11 is 0. The monoisotopic (exact) mass is 299 g/mol. The molecule has 1 fully saturated rings. The number of nitrogens with zero attached hydrogens (tertiary/aromatic N) is 4. The topological polar surface area (TPSA) is 74.0 Å². The van der Waals surface area contributed by atoms with Crippen molar-refractivity contribution in [3.63, 3.8) is 0 Å². The highest BCUT2D eigenvalue weighted by Gasteiger charge is 2.45. The second kappa shape index (κ2) is 5.48. The third kappa shape index (κ3) is 2.63. The highest BCUT2D eigenvalue weighted by Crippen LogP contribution is 2.27. The molecule has 0 aliphatic carbocycles. The van der Waals surface area contributed by atoms with Crippen molar-refractivity contribution in [1.29, 1.82) is 5.26 Å². The van der Waals surface area contributed by atoms with Crippen molar-refractivity contribution in [3.8, 4) is 11.9 Å². The fraction of sp³-hybridized carbons (Fsp3) is 0.267. The molecule has 6 nitrogen and oxygen atoms in total. The average molecular weight is 299 g/mol. The Morgan fingerprint density at radius 3 is 2.86 bits per heavy atom. The number of hydrogen-bond acceptors (Lipinski definition) is 4. The maximum atomic E-state index is 14.5. The van der Waals surface area contributed by atoms with Crippen LogP contribution in [0.2, 0.25) is 0 Å². The van der Waals surface area contributed by atoms with Crippen LogP contribution in [0.1, 0.15) is 6.42 Å². The van der Waals surface area contributed by atoms with Crippen LogP contribution in [0.25, 0.3) is 5.69 Å². The molecule has 0 saturated carbocycles. The van der Waals surface area contributed by atoms with Crippen molar-refractivity contribution in [1.82, 2.24) is 14.7 Å². The summed E-state index contributed by atoms with van der Waals surface area (Å²) in [5, 5.41) is 15.4. The van der Waals surface area contributed by atoms with E-state index in [2.05, 4.69) is 10.4 Å². The molecular formula is C15H14FN5O. The lowest BCUT2D eigenvalue weighted by molar-refractivity contribution is -0.126. The maximum Gasteiger partial charge on any atom is 0.264 e. The van der Waals surface area contributed by atoms with Gasteiger partial charge in [-0.25, -0.2) is 9.07 Å². The fourth-order valence-corrected chi connectivity index (χ4v) is 2.40. The van der Waals surface area contributed by atoms with E-state index in [-0.39, 0.29) is 19.5 Å². The molecule has 0 bridgehead atoms. The number of rotatable bonds is 3. The molecule has 2 aromatic rings. The van der Waals surface area contributed by atoms with Crippen LogP contribution in [0, 0.1) is 11.5 Å². The van der Waals surface area contributed by atoms with E-state index in [0.29, 0.717) is 5.69 Å². The minimum atomic E-state index is -2.04. The Kier molecular flexibility index (Phi) is 3.51. The first-order valence-electron chi connectivity index (χ1n) is 6.86. The lowest BCUT2D eigenvalue weighted by Gasteiger charge is -2.17. The standard InChI is InChI=1S/C15H14FN5O/c16-15(6-7-20(10-15)11-17)14(22)19-12-8-18-21(9-12)13-4-2-1-3-5-13/h1-5,8-9H,6-7,10H2,(H,19,22). The van der Waals surface area contributed by atoms with Crippen LogP contribution >= 0.6 is 0 Å². The third-order valence-corrected chi connectivity index (χ3v) is 3.63. The zero-order chi connectivity index (χ0) is 15.6. The Labute approximate surface area is 126 Å². The van der Waals surface area contributed by atoms with E-state index in [9.17, 15) is 9.18 Å². The molecule has 1 aromatic heterocycles. The summed E-state index contributed by atoms with van der Waals surface area (Å²) in [7, 11) is 0. The molecule has 1 aromatic carbocycles. The van der Waals surface area contributed by atoms with Crippen LogP contribution in [-0.2, 0) is 4.79 Å². The molecule has 1 saturated heterocycles. The predicted molar refractivity (Wildman–Crippen MR) is 77.8 cm³/mol. The first-order chi connectivity index (χ1) is 10.6. The lowest BCUT2D eigenvalue weighted by Crippen LogP contribution is -2.40. The van der Waals surface area contributed by atoms with E-state index in [1.807, 2.05) is 36.5 Å². The number of benzene rings is 1. The van der Waals surface area contributed by atoms with Gasteiger partial charge in [0.2, 0.25) is 5.67 Å². The number of nitrogens with one attached hydrogen (secondary N) is 1. The Bertz CT molecular complexity index is 723. The summed E-state index contributed by atoms with van der Waals surface area (Å²) < 4.78 is 16.1. The van der Waals surface area contributed by atoms with Gasteiger partial charge in [0, 0.05) is 13.0 Å². The largest absolute Gasteiger partial charge is 0.321 e. The molecule has 3 rings (SSSR count). The van der Waals surface area contributed by atoms with Gasteiger partial charge in [-0.15, -0.1) is 0 Å². The molecule has 1 N–H and O–H groups in total. The second-order valence-electron chi connectivity index (χ2n) is 5.20. The number of halogens is 1. The Hall–Kier alpha value is -2.88. The van der Waals surface area contributed by atoms with Gasteiger partial charge < -0.3 is 10.2 Å². The zero-order valence-electron chi connectivity index (χ0n) is 11.7. The number of aromatic nitrogens is 2. The molecule has 7 heteroatoms. The number of para-hydroxylation sites is 1. The summed E-state index contributed by atoms with van der Waals surface area (Å²) in [6.07, 6.45) is 4.96. The maximum absolute atomic E-state index is 14.5. The van der Waals surface area contributed by atoms with Gasteiger partial charge in [0.05, 0.1) is 30.3 Å². The highest BCUT2D eigenvalue weighted by molar-refractivity contribution is 5.97. The van der Waals surface area contributed by atoms with Crippen molar-refractivity contribution in [2.75, 3.05) is 18.4 Å². The van der Waals surface area contributed by atoms with E-state index in [0.717, 1.165) is 5.69 Å². The summed E-state index contributed by atoms with van der Waals surface area (Å²) in [6.45, 7) is 0.0475. The fourth-order valence-electron chi connectivity index (χ4n) is 2.40. The molecule has 1 atom stereocenters. The molecule has 1 unspecified atom stereocenters. The summed E-state index contributed by atoms with van der Waals surface area (Å²) in [5.74, 6) is -0.738. The van der Waals surface area contributed by atoms with Gasteiger partial charge in [-0.05, 0) is 12.1 Å². The molecule has 22 heavy (non-hydrogen) atoms. The molecular weight excluding hydrogens is 285 g/mol. The molecule has 0 radical (unpaired) electrons. The van der Waals surface area contributed by atoms with Crippen molar-refractivity contribution < 1.29 is 9.18 Å². The number of carbonyl (C=O) groups is 1. The molecule has 112 valence electrons. The number of carbonyl (C=O) groups excluding carboxylic acids is 1. The van der Waals surface area contributed by atoms with Gasteiger partial charge in [-0.3, -0.25) is 4.79 Å². The number of alkyl halides is 1. The Morgan fingerprint density at radius 2 is 2.18 bits per heavy atom. The Morgan fingerprint density at radius 1 is 1.41 bits per heavy atom. The van der Waals surface area contributed by atoms with E-state index in [1.165, 1.54) is 11.1 Å². The molecule has 1 aliphatic heterocycles. The number of nitriles is 1. The van der Waals surface area contributed by atoms with E-state index in [1.54, 1.807) is 10.9 Å². The number of amides is 1. The minimum absolute atomic E-state index is 0.0131. The third-order valence-electron chi connectivity index (χ3n) is 3.63. The zero-order valence-corrected chi connectivity index (χ0v) is 11.7. The van der Waals surface area contributed by atoms with Crippen molar-refractivity contribution >= 4 is 11.6 Å². The van der Waals surface area contributed by atoms with Crippen molar-refractivity contribution in [3.05, 3.63) is 42.7 Å². The quantitative estimate of drug-likeness (QED) is 0.876. The van der Waals surface area contributed by atoms with E-state index in [4.69, 9.17) is 5.26 Å². The number of hydrogen-bond donors (Lipinski definition) is 1. The normalized spacial score (nSPS) is 20.6. The van der Waals surface area contributed by atoms with Gasteiger partial charge in [0.25, 0.3) is 5.91 Å². The molecule has 1 amide bonds. The highest BCUT2D eigenvalue weighted by atomic mass is 19.1. The summed E-state index contributed by atoms with van der Waals surface area (Å²) in [4.78, 5) is 13.3. The van der Waals surface area contributed by atoms with Crippen LogP contribution in [0.15, 0.2) is 42.7 Å². The van der Waals surface area contributed by atoms with Crippen LogP contribution in [-0.4, -0.2) is 39.3 Å². The van der Waals surface area contributed by atoms with Crippen LogP contribution in [0.5, 0.6) is 0 Å². The molecule has 1 aliphatic rings. The van der Waals surface area contributed by atoms with Gasteiger partial charge in [0.15, 0.2) is 6.19 Å². The second-order valence-corrected chi connectivity index (χ2v) is 5.20. The van der Waals surface area contributed by atoms with Gasteiger partial charge in [-0.1, -0.05) is 18.2 Å². The molecule has 0 spiro atoms. The lowest BCUT2D eigenvalue weighted by atomic mass is 10.0. The smallest absolute Gasteiger partial charge is 0.264 e. The van der Waals surface area contributed by atoms with Crippen LogP contribution in [0.4, 0.5) is 10.1 Å². The SMILES string of the molecule is N#CN1CCC(F)(C(=O)Nc2cnn(-c3ccccc3)c2)C1. The van der Waals surface area contributed by atoms with E-state index >= 15 is 0 Å². The van der Waals surface area contributed by atoms with Crippen molar-refractivity contribution in [2.45, 2.75) is 12.1 Å². The first kappa shape index (κ1) is 14.1. The Balaban J connectivity index is 1.71. The summed E-state index contributed by atoms with van der Waals surface area (Å²) in [5.41, 5.74) is -0.777. The van der Waals surface area contributed by atoms with Crippen molar-refractivity contribution in [2.24, 2.45) is 0 Å². The predicted octanol–water partition coefficient (Wildman–Crippen LogP) is 1.71.